The minimum atomic E-state index is -0.493. The second kappa shape index (κ2) is 8.25. The topological polar surface area (TPSA) is 84.7 Å². The lowest BCUT2D eigenvalue weighted by Gasteiger charge is -2.25. The van der Waals surface area contributed by atoms with Gasteiger partial charge in [0.15, 0.2) is 0 Å². The molecule has 0 fully saturated rings. The van der Waals surface area contributed by atoms with Crippen molar-refractivity contribution in [3.05, 3.63) is 63.7 Å². The molecule has 0 aromatic heterocycles. The van der Waals surface area contributed by atoms with Gasteiger partial charge in [0.05, 0.1) is 18.1 Å². The van der Waals surface area contributed by atoms with Crippen molar-refractivity contribution in [2.45, 2.75) is 6.04 Å². The Morgan fingerprint density at radius 3 is 2.44 bits per heavy atom. The Morgan fingerprint density at radius 2 is 1.92 bits per heavy atom. The number of rotatable bonds is 8. The highest BCUT2D eigenvalue weighted by atomic mass is 16.6. The third kappa shape index (κ3) is 4.54. The van der Waals surface area contributed by atoms with Crippen LogP contribution in [0.1, 0.15) is 22.0 Å². The third-order valence-electron chi connectivity index (χ3n) is 3.96. The van der Waals surface area contributed by atoms with Gasteiger partial charge in [-0.25, -0.2) is 0 Å². The summed E-state index contributed by atoms with van der Waals surface area (Å²) in [4.78, 5) is 23.6. The van der Waals surface area contributed by atoms with Crippen LogP contribution in [0, 0.1) is 10.1 Å². The van der Waals surface area contributed by atoms with Gasteiger partial charge >= 0.3 is 0 Å². The quantitative estimate of drug-likeness (QED) is 0.450. The maximum absolute atomic E-state index is 11.2. The zero-order valence-electron chi connectivity index (χ0n) is 14.4. The lowest BCUT2D eigenvalue weighted by Crippen LogP contribution is -2.27. The van der Waals surface area contributed by atoms with Gasteiger partial charge in [-0.1, -0.05) is 12.1 Å². The van der Waals surface area contributed by atoms with Crippen molar-refractivity contribution >= 4 is 17.7 Å². The molecule has 7 nitrogen and oxygen atoms in total. The van der Waals surface area contributed by atoms with Gasteiger partial charge in [0.2, 0.25) is 0 Å². The molecule has 0 aliphatic heterocycles. The number of hydrogen-bond donors (Lipinski definition) is 1. The molecule has 1 atom stereocenters. The predicted molar refractivity (Wildman–Crippen MR) is 96.4 cm³/mol. The summed E-state index contributed by atoms with van der Waals surface area (Å²) in [6.07, 6.45) is 0.594. The van der Waals surface area contributed by atoms with E-state index in [9.17, 15) is 14.9 Å². The van der Waals surface area contributed by atoms with Crippen LogP contribution in [0.5, 0.6) is 5.75 Å². The predicted octanol–water partition coefficient (Wildman–Crippen LogP) is 3.13. The number of nitro benzene ring substituents is 1. The largest absolute Gasteiger partial charge is 0.497 e. The van der Waals surface area contributed by atoms with E-state index in [4.69, 9.17) is 4.74 Å². The number of likely N-dealkylation sites (N-methyl/N-ethyl adjacent to an activating group) is 1. The van der Waals surface area contributed by atoms with Crippen molar-refractivity contribution in [2.24, 2.45) is 0 Å². The number of nitrogens with one attached hydrogen (secondary N) is 1. The Labute approximate surface area is 146 Å². The minimum absolute atomic E-state index is 0.0104. The van der Waals surface area contributed by atoms with E-state index in [-0.39, 0.29) is 17.3 Å². The Bertz CT molecular complexity index is 744. The average molecular weight is 343 g/mol. The first-order chi connectivity index (χ1) is 12.0. The first-order valence-corrected chi connectivity index (χ1v) is 7.74. The van der Waals surface area contributed by atoms with Gasteiger partial charge in [0.1, 0.15) is 17.7 Å². The number of ether oxygens (including phenoxy) is 1. The Kier molecular flexibility index (Phi) is 6.08. The number of hydrogen-bond acceptors (Lipinski definition) is 6. The van der Waals surface area contributed by atoms with Crippen LogP contribution in [0.2, 0.25) is 0 Å². The molecule has 7 heteroatoms. The fraction of sp³-hybridized carbons (Fsp3) is 0.278. The number of aldehydes is 1. The van der Waals surface area contributed by atoms with Crippen LogP contribution in [0.3, 0.4) is 0 Å². The summed E-state index contributed by atoms with van der Waals surface area (Å²) in [7, 11) is 5.50. The molecule has 0 aliphatic carbocycles. The van der Waals surface area contributed by atoms with Gasteiger partial charge in [0, 0.05) is 18.2 Å². The second-order valence-corrected chi connectivity index (χ2v) is 5.79. The summed E-state index contributed by atoms with van der Waals surface area (Å²) in [5.74, 6) is 0.773. The number of anilines is 1. The summed E-state index contributed by atoms with van der Waals surface area (Å²) >= 11 is 0. The van der Waals surface area contributed by atoms with Crippen LogP contribution in [-0.4, -0.2) is 43.9 Å². The van der Waals surface area contributed by atoms with Crippen molar-refractivity contribution in [3.8, 4) is 5.75 Å². The molecule has 2 aromatic carbocycles. The normalized spacial score (nSPS) is 11.8. The smallest absolute Gasteiger partial charge is 0.293 e. The molecule has 132 valence electrons. The maximum atomic E-state index is 11.2. The molecule has 0 bridgehead atoms. The SMILES string of the molecule is COc1ccc([C@H](CNc2ccc(C=O)cc2[N+](=O)[O-])N(C)C)cc1. The standard InChI is InChI=1S/C18H21N3O4/c1-20(2)18(14-5-7-15(25-3)8-6-14)11-19-16-9-4-13(12-22)10-17(16)21(23)24/h4-10,12,18-19H,11H2,1-3H3/t18-/m0/s1. The van der Waals surface area contributed by atoms with E-state index in [2.05, 4.69) is 5.32 Å². The van der Waals surface area contributed by atoms with Crippen molar-refractivity contribution < 1.29 is 14.5 Å². The molecular weight excluding hydrogens is 322 g/mol. The second-order valence-electron chi connectivity index (χ2n) is 5.79. The van der Waals surface area contributed by atoms with E-state index in [0.29, 0.717) is 18.5 Å². The highest BCUT2D eigenvalue weighted by Gasteiger charge is 2.18. The van der Waals surface area contributed by atoms with Gasteiger partial charge in [-0.15, -0.1) is 0 Å². The van der Waals surface area contributed by atoms with E-state index >= 15 is 0 Å². The Hall–Kier alpha value is -2.93. The third-order valence-corrected chi connectivity index (χ3v) is 3.96. The number of carbonyl (C=O) groups excluding carboxylic acids is 1. The fourth-order valence-electron chi connectivity index (χ4n) is 2.55. The van der Waals surface area contributed by atoms with Crippen LogP contribution >= 0.6 is 0 Å². The van der Waals surface area contributed by atoms with E-state index in [0.717, 1.165) is 11.3 Å². The number of methoxy groups -OCH3 is 1. The van der Waals surface area contributed by atoms with Gasteiger partial charge in [-0.2, -0.15) is 0 Å². The van der Waals surface area contributed by atoms with Crippen LogP contribution in [0.15, 0.2) is 42.5 Å². The van der Waals surface area contributed by atoms with Crippen LogP contribution < -0.4 is 10.1 Å². The number of carbonyl (C=O) groups is 1. The lowest BCUT2D eigenvalue weighted by atomic mass is 10.1. The summed E-state index contributed by atoms with van der Waals surface area (Å²) in [5, 5.41) is 14.4. The monoisotopic (exact) mass is 343 g/mol. The van der Waals surface area contributed by atoms with Gasteiger partial charge < -0.3 is 15.0 Å². The highest BCUT2D eigenvalue weighted by Crippen LogP contribution is 2.27. The first-order valence-electron chi connectivity index (χ1n) is 7.74. The molecule has 1 N–H and O–H groups in total. The summed E-state index contributed by atoms with van der Waals surface area (Å²) in [6, 6.07) is 12.1. The van der Waals surface area contributed by atoms with E-state index in [1.54, 1.807) is 19.2 Å². The molecule has 2 rings (SSSR count). The van der Waals surface area contributed by atoms with E-state index < -0.39 is 4.92 Å². The van der Waals surface area contributed by atoms with Crippen molar-refractivity contribution in [2.75, 3.05) is 33.1 Å². The van der Waals surface area contributed by atoms with Gasteiger partial charge in [-0.05, 0) is 43.9 Å². The Morgan fingerprint density at radius 1 is 1.24 bits per heavy atom. The van der Waals surface area contributed by atoms with E-state index in [1.807, 2.05) is 43.3 Å². The van der Waals surface area contributed by atoms with E-state index in [1.165, 1.54) is 6.07 Å². The van der Waals surface area contributed by atoms with Crippen molar-refractivity contribution in [1.29, 1.82) is 0 Å². The Balaban J connectivity index is 2.21. The molecule has 0 aliphatic rings. The fourth-order valence-corrected chi connectivity index (χ4v) is 2.55. The number of nitro groups is 1. The van der Waals surface area contributed by atoms with Crippen LogP contribution in [0.25, 0.3) is 0 Å². The molecule has 0 saturated carbocycles. The number of benzene rings is 2. The van der Waals surface area contributed by atoms with Gasteiger partial charge in [-0.3, -0.25) is 14.9 Å². The zero-order valence-corrected chi connectivity index (χ0v) is 14.4. The highest BCUT2D eigenvalue weighted by molar-refractivity contribution is 5.79. The van der Waals surface area contributed by atoms with Crippen LogP contribution in [-0.2, 0) is 0 Å². The molecule has 0 heterocycles. The molecule has 0 unspecified atom stereocenters. The summed E-state index contributed by atoms with van der Waals surface area (Å²) in [6.45, 7) is 0.473. The van der Waals surface area contributed by atoms with Crippen molar-refractivity contribution in [1.82, 2.24) is 4.90 Å². The average Bonchev–Trinajstić information content (AvgIpc) is 2.62. The molecule has 0 spiro atoms. The van der Waals surface area contributed by atoms with Crippen molar-refractivity contribution in [3.63, 3.8) is 0 Å². The summed E-state index contributed by atoms with van der Waals surface area (Å²) < 4.78 is 5.17. The minimum Gasteiger partial charge on any atom is -0.497 e. The molecule has 2 aromatic rings. The summed E-state index contributed by atoms with van der Waals surface area (Å²) in [5.41, 5.74) is 1.61. The van der Waals surface area contributed by atoms with Gasteiger partial charge in [0.25, 0.3) is 5.69 Å². The maximum Gasteiger partial charge on any atom is 0.293 e. The van der Waals surface area contributed by atoms with Crippen LogP contribution in [0.4, 0.5) is 11.4 Å². The lowest BCUT2D eigenvalue weighted by molar-refractivity contribution is -0.384. The number of nitrogens with zero attached hydrogens (tertiary/aromatic N) is 2. The first kappa shape index (κ1) is 18.4. The molecule has 0 saturated heterocycles. The molecule has 0 radical (unpaired) electrons. The molecular formula is C18H21N3O4. The molecule has 0 amide bonds. The molecule has 25 heavy (non-hydrogen) atoms. The zero-order chi connectivity index (χ0) is 18.4.